The lowest BCUT2D eigenvalue weighted by Crippen LogP contribution is -2.40. The maximum Gasteiger partial charge on any atom is 0.265 e. The van der Waals surface area contributed by atoms with Crippen LogP contribution in [-0.2, 0) is 21.2 Å². The number of para-hydroxylation sites is 2. The minimum atomic E-state index is -3.88. The second kappa shape index (κ2) is 8.43. The Bertz CT molecular complexity index is 1240. The third-order valence-electron chi connectivity index (χ3n) is 5.23. The summed E-state index contributed by atoms with van der Waals surface area (Å²) in [5, 5.41) is 2.79. The molecule has 0 aliphatic carbocycles. The molecule has 3 aromatic carbocycles. The van der Waals surface area contributed by atoms with Crippen LogP contribution in [0.2, 0.25) is 0 Å². The summed E-state index contributed by atoms with van der Waals surface area (Å²) in [6.45, 7) is 4.03. The van der Waals surface area contributed by atoms with Gasteiger partial charge in [0.05, 0.1) is 22.9 Å². The summed E-state index contributed by atoms with van der Waals surface area (Å²) in [7, 11) is -3.88. The largest absolute Gasteiger partial charge is 0.492 e. The summed E-state index contributed by atoms with van der Waals surface area (Å²) in [6, 6.07) is 19.7. The minimum absolute atomic E-state index is 0.207. The van der Waals surface area contributed by atoms with E-state index in [9.17, 15) is 13.2 Å². The quantitative estimate of drug-likeness (QED) is 0.619. The molecule has 1 N–H and O–H groups in total. The van der Waals surface area contributed by atoms with Crippen molar-refractivity contribution in [1.82, 2.24) is 0 Å². The van der Waals surface area contributed by atoms with Gasteiger partial charge in [0.15, 0.2) is 0 Å². The smallest absolute Gasteiger partial charge is 0.265 e. The van der Waals surface area contributed by atoms with Crippen molar-refractivity contribution < 1.29 is 17.9 Å². The summed E-state index contributed by atoms with van der Waals surface area (Å²) < 4.78 is 33.5. The Hall–Kier alpha value is -3.32. The monoisotopic (exact) mass is 436 g/mol. The van der Waals surface area contributed by atoms with Gasteiger partial charge in [0, 0.05) is 11.1 Å². The van der Waals surface area contributed by atoms with Crippen LogP contribution in [0.4, 0.5) is 11.4 Å². The number of carbonyl (C=O) groups excluding carboxylic acids is 1. The van der Waals surface area contributed by atoms with E-state index < -0.39 is 15.9 Å². The summed E-state index contributed by atoms with van der Waals surface area (Å²) in [5.74, 6) is 0.0961. The van der Waals surface area contributed by atoms with Crippen LogP contribution < -0.4 is 14.4 Å². The van der Waals surface area contributed by atoms with Gasteiger partial charge in [-0.25, -0.2) is 8.42 Å². The fourth-order valence-corrected chi connectivity index (χ4v) is 5.39. The Morgan fingerprint density at radius 1 is 0.968 bits per heavy atom. The number of carbonyl (C=O) groups is 1. The molecule has 1 heterocycles. The normalized spacial score (nSPS) is 13.8. The first-order chi connectivity index (χ1) is 15.0. The van der Waals surface area contributed by atoms with Gasteiger partial charge in [0.25, 0.3) is 10.0 Å². The predicted molar refractivity (Wildman–Crippen MR) is 122 cm³/mol. The van der Waals surface area contributed by atoms with Crippen molar-refractivity contribution in [3.8, 4) is 16.9 Å². The zero-order valence-electron chi connectivity index (χ0n) is 17.5. The van der Waals surface area contributed by atoms with Gasteiger partial charge in [0.2, 0.25) is 5.91 Å². The van der Waals surface area contributed by atoms with Crippen molar-refractivity contribution in [1.29, 1.82) is 0 Å². The fourth-order valence-electron chi connectivity index (χ4n) is 3.74. The van der Waals surface area contributed by atoms with Crippen LogP contribution in [0, 0.1) is 0 Å². The van der Waals surface area contributed by atoms with E-state index in [1.807, 2.05) is 38.1 Å². The molecule has 7 heteroatoms. The summed E-state index contributed by atoms with van der Waals surface area (Å²) in [6.07, 6.45) is 0.830. The Balaban J connectivity index is 1.71. The lowest BCUT2D eigenvalue weighted by atomic mass is 9.99. The average molecular weight is 437 g/mol. The second-order valence-corrected chi connectivity index (χ2v) is 9.02. The van der Waals surface area contributed by atoms with E-state index >= 15 is 0 Å². The van der Waals surface area contributed by atoms with E-state index in [1.54, 1.807) is 42.5 Å². The van der Waals surface area contributed by atoms with Crippen LogP contribution in [0.1, 0.15) is 19.4 Å². The topological polar surface area (TPSA) is 75.7 Å². The molecule has 0 unspecified atom stereocenters. The number of sulfonamides is 1. The third kappa shape index (κ3) is 3.88. The molecule has 0 bridgehead atoms. The maximum absolute atomic E-state index is 13.4. The maximum atomic E-state index is 13.4. The average Bonchev–Trinajstić information content (AvgIpc) is 2.78. The van der Waals surface area contributed by atoms with Crippen LogP contribution in [-0.4, -0.2) is 27.5 Å². The molecule has 0 spiro atoms. The lowest BCUT2D eigenvalue weighted by Gasteiger charge is -2.32. The molecule has 160 valence electrons. The Kier molecular flexibility index (Phi) is 5.69. The molecule has 1 aliphatic rings. The van der Waals surface area contributed by atoms with E-state index in [2.05, 4.69) is 5.32 Å². The van der Waals surface area contributed by atoms with Crippen molar-refractivity contribution in [3.05, 3.63) is 72.3 Å². The highest BCUT2D eigenvalue weighted by molar-refractivity contribution is 7.93. The van der Waals surface area contributed by atoms with Gasteiger partial charge in [-0.15, -0.1) is 0 Å². The zero-order valence-corrected chi connectivity index (χ0v) is 18.3. The molecule has 6 nitrogen and oxygen atoms in total. The van der Waals surface area contributed by atoms with Gasteiger partial charge in [0.1, 0.15) is 12.3 Å². The molecule has 0 fully saturated rings. The molecule has 0 atom stereocenters. The van der Waals surface area contributed by atoms with Gasteiger partial charge >= 0.3 is 0 Å². The number of anilines is 2. The standard InChI is InChI=1S/C24H24N2O4S/c1-3-17-13-14-21-19(15-17)18-9-5-8-12-23(18)31(28,29)26(21)16-24(27)25-20-10-6-7-11-22(20)30-4-2/h5-15H,3-4,16H2,1-2H3,(H,25,27). The van der Waals surface area contributed by atoms with Crippen molar-refractivity contribution in [2.75, 3.05) is 22.8 Å². The molecule has 4 rings (SSSR count). The Morgan fingerprint density at radius 2 is 1.71 bits per heavy atom. The zero-order chi connectivity index (χ0) is 22.0. The number of ether oxygens (including phenoxy) is 1. The van der Waals surface area contributed by atoms with Crippen molar-refractivity contribution in [2.24, 2.45) is 0 Å². The molecular weight excluding hydrogens is 412 g/mol. The highest BCUT2D eigenvalue weighted by Crippen LogP contribution is 2.43. The highest BCUT2D eigenvalue weighted by atomic mass is 32.2. The number of nitrogens with zero attached hydrogens (tertiary/aromatic N) is 1. The van der Waals surface area contributed by atoms with Crippen LogP contribution in [0.3, 0.4) is 0 Å². The summed E-state index contributed by atoms with van der Waals surface area (Å²) in [5.41, 5.74) is 3.58. The number of aryl methyl sites for hydroxylation is 1. The first-order valence-corrected chi connectivity index (χ1v) is 11.7. The van der Waals surface area contributed by atoms with Crippen LogP contribution in [0.25, 0.3) is 11.1 Å². The van der Waals surface area contributed by atoms with E-state index in [0.717, 1.165) is 17.5 Å². The second-order valence-electron chi connectivity index (χ2n) is 7.19. The Labute approximate surface area is 182 Å². The number of hydrogen-bond acceptors (Lipinski definition) is 4. The third-order valence-corrected chi connectivity index (χ3v) is 7.05. The SMILES string of the molecule is CCOc1ccccc1NC(=O)CN1c2ccc(CC)cc2-c2ccccc2S1(=O)=O. The van der Waals surface area contributed by atoms with E-state index in [1.165, 1.54) is 4.31 Å². The molecule has 0 aromatic heterocycles. The molecule has 31 heavy (non-hydrogen) atoms. The van der Waals surface area contributed by atoms with Gasteiger partial charge in [-0.1, -0.05) is 43.3 Å². The fraction of sp³-hybridized carbons (Fsp3) is 0.208. The molecule has 1 aliphatic heterocycles. The number of nitrogens with one attached hydrogen (secondary N) is 1. The molecule has 1 amide bonds. The highest BCUT2D eigenvalue weighted by Gasteiger charge is 2.36. The van der Waals surface area contributed by atoms with Gasteiger partial charge < -0.3 is 10.1 Å². The van der Waals surface area contributed by atoms with Crippen molar-refractivity contribution in [3.63, 3.8) is 0 Å². The first kappa shape index (κ1) is 20.9. The van der Waals surface area contributed by atoms with Crippen LogP contribution in [0.5, 0.6) is 5.75 Å². The van der Waals surface area contributed by atoms with E-state index in [-0.39, 0.29) is 11.4 Å². The van der Waals surface area contributed by atoms with Gasteiger partial charge in [-0.05, 0) is 49.2 Å². The first-order valence-electron chi connectivity index (χ1n) is 10.2. The van der Waals surface area contributed by atoms with Crippen LogP contribution >= 0.6 is 0 Å². The number of rotatable bonds is 6. The van der Waals surface area contributed by atoms with Crippen molar-refractivity contribution in [2.45, 2.75) is 25.2 Å². The number of hydrogen-bond donors (Lipinski definition) is 1. The minimum Gasteiger partial charge on any atom is -0.492 e. The van der Waals surface area contributed by atoms with Crippen molar-refractivity contribution >= 4 is 27.3 Å². The van der Waals surface area contributed by atoms with E-state index in [0.29, 0.717) is 29.3 Å². The molecular formula is C24H24N2O4S. The van der Waals surface area contributed by atoms with E-state index in [4.69, 9.17) is 4.74 Å². The lowest BCUT2D eigenvalue weighted by molar-refractivity contribution is -0.114. The Morgan fingerprint density at radius 3 is 2.48 bits per heavy atom. The number of fused-ring (bicyclic) bond motifs is 3. The number of amides is 1. The number of benzene rings is 3. The van der Waals surface area contributed by atoms with Gasteiger partial charge in [-0.3, -0.25) is 9.10 Å². The predicted octanol–water partition coefficient (Wildman–Crippen LogP) is 4.46. The van der Waals surface area contributed by atoms with Gasteiger partial charge in [-0.2, -0.15) is 0 Å². The summed E-state index contributed by atoms with van der Waals surface area (Å²) >= 11 is 0. The molecule has 0 radical (unpaired) electrons. The molecule has 0 saturated heterocycles. The molecule has 0 saturated carbocycles. The summed E-state index contributed by atoms with van der Waals surface area (Å²) in [4.78, 5) is 13.1. The van der Waals surface area contributed by atoms with Crippen LogP contribution in [0.15, 0.2) is 71.6 Å². The molecule has 3 aromatic rings.